The fraction of sp³-hybridized carbons (Fsp3) is 0.364. The summed E-state index contributed by atoms with van der Waals surface area (Å²) in [7, 11) is 6.12. The van der Waals surface area contributed by atoms with Crippen LogP contribution in [0.25, 0.3) is 11.1 Å². The number of nitrogens with one attached hydrogen (secondary N) is 1. The first-order valence-corrected chi connectivity index (χ1v) is 10.2. The van der Waals surface area contributed by atoms with E-state index >= 15 is 0 Å². The maximum atomic E-state index is 12.7. The number of amides is 1. The largest absolute Gasteiger partial charge is 0.493 e. The minimum absolute atomic E-state index is 0.161. The molecule has 7 nitrogen and oxygen atoms in total. The molecule has 160 valence electrons. The fourth-order valence-electron chi connectivity index (χ4n) is 3.88. The molecule has 0 spiro atoms. The first-order valence-electron chi connectivity index (χ1n) is 9.37. The summed E-state index contributed by atoms with van der Waals surface area (Å²) < 4.78 is 22.5. The number of aryl methyl sites for hydroxylation is 1. The second-order valence-electron chi connectivity index (χ2n) is 6.87. The number of fused-ring (bicyclic) bond motifs is 3. The van der Waals surface area contributed by atoms with Crippen LogP contribution in [0.1, 0.15) is 30.5 Å². The van der Waals surface area contributed by atoms with Gasteiger partial charge in [0.15, 0.2) is 17.2 Å². The van der Waals surface area contributed by atoms with Crippen molar-refractivity contribution in [2.24, 2.45) is 0 Å². The van der Waals surface area contributed by atoms with Crippen molar-refractivity contribution in [2.75, 3.05) is 28.4 Å². The molecule has 1 aliphatic carbocycles. The number of ether oxygens (including phenoxy) is 4. The van der Waals surface area contributed by atoms with Crippen LogP contribution in [0.4, 0.5) is 0 Å². The molecule has 1 aliphatic rings. The van der Waals surface area contributed by atoms with Crippen molar-refractivity contribution in [2.45, 2.75) is 25.8 Å². The molecule has 0 bridgehead atoms. The summed E-state index contributed by atoms with van der Waals surface area (Å²) in [5, 5.41) is 3.00. The van der Waals surface area contributed by atoms with Gasteiger partial charge in [-0.05, 0) is 63.7 Å². The minimum Gasteiger partial charge on any atom is -0.493 e. The number of halogens is 1. The Morgan fingerprint density at radius 2 is 1.67 bits per heavy atom. The molecule has 30 heavy (non-hydrogen) atoms. The molecule has 0 fully saturated rings. The Morgan fingerprint density at radius 3 is 2.23 bits per heavy atom. The lowest BCUT2D eigenvalue weighted by Gasteiger charge is -2.20. The van der Waals surface area contributed by atoms with Crippen LogP contribution in [-0.4, -0.2) is 34.3 Å². The van der Waals surface area contributed by atoms with E-state index in [4.69, 9.17) is 18.9 Å². The predicted octanol–water partition coefficient (Wildman–Crippen LogP) is 3.63. The van der Waals surface area contributed by atoms with Gasteiger partial charge in [-0.1, -0.05) is 0 Å². The summed E-state index contributed by atoms with van der Waals surface area (Å²) in [6.07, 6.45) is 1.27. The normalized spacial score (nSPS) is 14.7. The minimum atomic E-state index is -0.320. The molecule has 1 atom stereocenters. The van der Waals surface area contributed by atoms with E-state index in [0.717, 1.165) is 22.3 Å². The van der Waals surface area contributed by atoms with Crippen LogP contribution >= 0.6 is 15.9 Å². The number of benzene rings is 1. The lowest BCUT2D eigenvalue weighted by molar-refractivity contribution is -0.119. The summed E-state index contributed by atoms with van der Waals surface area (Å²) in [6.45, 7) is 1.47. The third-order valence-electron chi connectivity index (χ3n) is 5.17. The van der Waals surface area contributed by atoms with Crippen LogP contribution in [-0.2, 0) is 11.2 Å². The number of carbonyl (C=O) groups is 1. The van der Waals surface area contributed by atoms with Gasteiger partial charge in [-0.3, -0.25) is 9.59 Å². The van der Waals surface area contributed by atoms with Crippen LogP contribution in [0.5, 0.6) is 23.0 Å². The van der Waals surface area contributed by atoms with Crippen molar-refractivity contribution in [1.82, 2.24) is 5.32 Å². The molecule has 0 aliphatic heterocycles. The number of hydrogen-bond donors (Lipinski definition) is 1. The molecular weight excluding hydrogens is 454 g/mol. The van der Waals surface area contributed by atoms with Gasteiger partial charge in [-0.25, -0.2) is 0 Å². The number of rotatable bonds is 5. The zero-order chi connectivity index (χ0) is 22.0. The van der Waals surface area contributed by atoms with E-state index < -0.39 is 0 Å². The van der Waals surface area contributed by atoms with E-state index in [1.807, 2.05) is 6.07 Å². The first-order chi connectivity index (χ1) is 14.4. The maximum Gasteiger partial charge on any atom is 0.234 e. The van der Waals surface area contributed by atoms with Crippen LogP contribution in [0, 0.1) is 0 Å². The van der Waals surface area contributed by atoms with Gasteiger partial charge in [-0.2, -0.15) is 0 Å². The summed E-state index contributed by atoms with van der Waals surface area (Å²) in [5.74, 6) is 1.53. The Kier molecular flexibility index (Phi) is 6.55. The topological polar surface area (TPSA) is 83.1 Å². The second kappa shape index (κ2) is 8.95. The van der Waals surface area contributed by atoms with Gasteiger partial charge in [0.05, 0.1) is 39.0 Å². The van der Waals surface area contributed by atoms with Gasteiger partial charge in [0, 0.05) is 12.5 Å². The van der Waals surface area contributed by atoms with Gasteiger partial charge in [-0.15, -0.1) is 0 Å². The van der Waals surface area contributed by atoms with Gasteiger partial charge < -0.3 is 24.3 Å². The lowest BCUT2D eigenvalue weighted by atomic mass is 9.95. The van der Waals surface area contributed by atoms with E-state index in [0.29, 0.717) is 34.6 Å². The molecule has 0 saturated heterocycles. The van der Waals surface area contributed by atoms with Crippen LogP contribution in [0.3, 0.4) is 0 Å². The molecule has 8 heteroatoms. The van der Waals surface area contributed by atoms with Gasteiger partial charge >= 0.3 is 0 Å². The monoisotopic (exact) mass is 477 g/mol. The van der Waals surface area contributed by atoms with E-state index in [-0.39, 0.29) is 23.1 Å². The zero-order valence-electron chi connectivity index (χ0n) is 17.6. The highest BCUT2D eigenvalue weighted by Crippen LogP contribution is 2.50. The summed E-state index contributed by atoms with van der Waals surface area (Å²) in [4.78, 5) is 24.6. The number of methoxy groups -OCH3 is 4. The van der Waals surface area contributed by atoms with E-state index in [2.05, 4.69) is 21.2 Å². The maximum absolute atomic E-state index is 12.7. The molecule has 0 aromatic heterocycles. The fourth-order valence-corrected chi connectivity index (χ4v) is 4.31. The molecule has 1 amide bonds. The second-order valence-corrected chi connectivity index (χ2v) is 7.73. The predicted molar refractivity (Wildman–Crippen MR) is 117 cm³/mol. The third-order valence-corrected chi connectivity index (χ3v) is 5.75. The van der Waals surface area contributed by atoms with Gasteiger partial charge in [0.1, 0.15) is 0 Å². The average Bonchev–Trinajstić information content (AvgIpc) is 2.94. The van der Waals surface area contributed by atoms with Crippen molar-refractivity contribution in [3.63, 3.8) is 0 Å². The Balaban J connectivity index is 2.48. The Labute approximate surface area is 183 Å². The number of hydrogen-bond acceptors (Lipinski definition) is 6. The summed E-state index contributed by atoms with van der Waals surface area (Å²) in [5.41, 5.74) is 2.97. The Hall–Kier alpha value is -2.74. The Bertz CT molecular complexity index is 1050. The average molecular weight is 478 g/mol. The van der Waals surface area contributed by atoms with Crippen LogP contribution in [0.2, 0.25) is 0 Å². The van der Waals surface area contributed by atoms with E-state index in [9.17, 15) is 9.59 Å². The van der Waals surface area contributed by atoms with Crippen LogP contribution < -0.4 is 29.7 Å². The van der Waals surface area contributed by atoms with Crippen molar-refractivity contribution >= 4 is 21.8 Å². The van der Waals surface area contributed by atoms with E-state index in [1.165, 1.54) is 14.0 Å². The highest BCUT2D eigenvalue weighted by Gasteiger charge is 2.30. The van der Waals surface area contributed by atoms with Gasteiger partial charge in [0.25, 0.3) is 0 Å². The van der Waals surface area contributed by atoms with Crippen LogP contribution in [0.15, 0.2) is 27.5 Å². The molecule has 2 aromatic carbocycles. The first kappa shape index (κ1) is 22.0. The lowest BCUT2D eigenvalue weighted by Crippen LogP contribution is -2.26. The molecule has 0 radical (unpaired) electrons. The smallest absolute Gasteiger partial charge is 0.234 e. The summed E-state index contributed by atoms with van der Waals surface area (Å²) in [6, 6.07) is 5.02. The third kappa shape index (κ3) is 3.84. The molecular formula is C22H24BrNO6. The van der Waals surface area contributed by atoms with Crippen molar-refractivity contribution in [3.05, 3.63) is 44.0 Å². The summed E-state index contributed by atoms with van der Waals surface area (Å²) >= 11 is 3.38. The molecule has 1 N–H and O–H groups in total. The molecule has 0 unspecified atom stereocenters. The van der Waals surface area contributed by atoms with Crippen molar-refractivity contribution in [1.29, 1.82) is 0 Å². The molecule has 0 heterocycles. The highest BCUT2D eigenvalue weighted by molar-refractivity contribution is 9.10. The SMILES string of the molecule is COc1cc2c(c(OC)c1OC)-c1cc(Br)c(=O)c(OC)cc1[C@@H](NC(C)=O)CC2. The number of carbonyl (C=O) groups excluding carboxylic acids is 1. The van der Waals surface area contributed by atoms with E-state index in [1.54, 1.807) is 33.5 Å². The zero-order valence-corrected chi connectivity index (χ0v) is 19.1. The standard InChI is InChI=1S/C22H24BrNO6/c1-11(25)24-16-7-6-12-8-18(28-3)21(29-4)22(30-5)19(12)14-9-15(23)20(26)17(27-2)10-13(14)16/h8-10,16H,6-7H2,1-5H3,(H,24,25)/t16-/m0/s1. The molecule has 3 rings (SSSR count). The highest BCUT2D eigenvalue weighted by atomic mass is 79.9. The molecule has 2 aromatic rings. The Morgan fingerprint density at radius 1 is 1.00 bits per heavy atom. The molecule has 0 saturated carbocycles. The van der Waals surface area contributed by atoms with Gasteiger partial charge in [0.2, 0.25) is 17.1 Å². The quantitative estimate of drug-likeness (QED) is 0.707. The van der Waals surface area contributed by atoms with Crippen molar-refractivity contribution in [3.8, 4) is 34.1 Å². The van der Waals surface area contributed by atoms with Crippen molar-refractivity contribution < 1.29 is 23.7 Å².